The number of aromatic nitrogens is 4. The smallest absolute Gasteiger partial charge is 0.168 e. The van der Waals surface area contributed by atoms with Gasteiger partial charge in [-0.2, -0.15) is 0 Å². The van der Waals surface area contributed by atoms with Crippen LogP contribution in [0.4, 0.5) is 0 Å². The Balaban J connectivity index is 2.06. The highest BCUT2D eigenvalue weighted by atomic mass is 16.5. The van der Waals surface area contributed by atoms with Gasteiger partial charge in [0, 0.05) is 12.0 Å². The lowest BCUT2D eigenvalue weighted by atomic mass is 10.0. The van der Waals surface area contributed by atoms with E-state index in [0.29, 0.717) is 12.4 Å². The highest BCUT2D eigenvalue weighted by molar-refractivity contribution is 5.37. The molecule has 2 unspecified atom stereocenters. The van der Waals surface area contributed by atoms with Crippen LogP contribution in [0.2, 0.25) is 0 Å². The van der Waals surface area contributed by atoms with E-state index in [1.165, 1.54) is 0 Å². The number of tetrazole rings is 1. The van der Waals surface area contributed by atoms with Crippen molar-refractivity contribution < 1.29 is 4.74 Å². The molecule has 0 fully saturated rings. The van der Waals surface area contributed by atoms with Gasteiger partial charge in [-0.05, 0) is 23.4 Å². The molecule has 6 nitrogen and oxygen atoms in total. The standard InChI is InChI=1S/C12H15N5O/c1-8(13)12-14-15-16-17(12)10-6-7-18-11-5-3-2-4-9(10)11/h2-5,8,10H,6-7,13H2,1H3. The molecule has 2 atom stereocenters. The Morgan fingerprint density at radius 2 is 2.28 bits per heavy atom. The fourth-order valence-corrected chi connectivity index (χ4v) is 2.30. The minimum atomic E-state index is -0.185. The monoisotopic (exact) mass is 245 g/mol. The minimum Gasteiger partial charge on any atom is -0.493 e. The molecule has 1 aromatic carbocycles. The van der Waals surface area contributed by atoms with E-state index < -0.39 is 0 Å². The van der Waals surface area contributed by atoms with Crippen LogP contribution < -0.4 is 10.5 Å². The Morgan fingerprint density at radius 1 is 1.44 bits per heavy atom. The van der Waals surface area contributed by atoms with E-state index in [-0.39, 0.29) is 12.1 Å². The number of nitrogens with two attached hydrogens (primary N) is 1. The Hall–Kier alpha value is -1.95. The highest BCUT2D eigenvalue weighted by Gasteiger charge is 2.26. The molecule has 1 aromatic heterocycles. The molecule has 0 radical (unpaired) electrons. The molecule has 1 aliphatic rings. The van der Waals surface area contributed by atoms with Crippen molar-refractivity contribution in [2.45, 2.75) is 25.4 Å². The zero-order chi connectivity index (χ0) is 12.5. The first-order valence-electron chi connectivity index (χ1n) is 6.02. The van der Waals surface area contributed by atoms with Gasteiger partial charge in [-0.1, -0.05) is 18.2 Å². The fraction of sp³-hybridized carbons (Fsp3) is 0.417. The van der Waals surface area contributed by atoms with E-state index >= 15 is 0 Å². The summed E-state index contributed by atoms with van der Waals surface area (Å²) >= 11 is 0. The second-order valence-corrected chi connectivity index (χ2v) is 4.46. The normalized spacial score (nSPS) is 20.0. The number of para-hydroxylation sites is 1. The number of hydrogen-bond acceptors (Lipinski definition) is 5. The summed E-state index contributed by atoms with van der Waals surface area (Å²) in [5.41, 5.74) is 7.00. The second-order valence-electron chi connectivity index (χ2n) is 4.46. The third kappa shape index (κ3) is 1.74. The van der Waals surface area contributed by atoms with Crippen LogP contribution in [0.25, 0.3) is 0 Å². The van der Waals surface area contributed by atoms with Crippen molar-refractivity contribution in [2.24, 2.45) is 5.73 Å². The van der Waals surface area contributed by atoms with Gasteiger partial charge >= 0.3 is 0 Å². The van der Waals surface area contributed by atoms with Gasteiger partial charge in [0.25, 0.3) is 0 Å². The topological polar surface area (TPSA) is 78.9 Å². The van der Waals surface area contributed by atoms with Crippen LogP contribution in [0.3, 0.4) is 0 Å². The van der Waals surface area contributed by atoms with Crippen molar-refractivity contribution >= 4 is 0 Å². The Kier molecular flexibility index (Phi) is 2.71. The number of rotatable bonds is 2. The third-order valence-corrected chi connectivity index (χ3v) is 3.15. The number of benzene rings is 1. The Bertz CT molecular complexity index is 551. The molecule has 2 N–H and O–H groups in total. The van der Waals surface area contributed by atoms with Crippen molar-refractivity contribution in [3.8, 4) is 5.75 Å². The molecular weight excluding hydrogens is 230 g/mol. The summed E-state index contributed by atoms with van der Waals surface area (Å²) in [5, 5.41) is 11.8. The molecule has 0 saturated carbocycles. The SMILES string of the molecule is CC(N)c1nnnn1C1CCOc2ccccc21. The van der Waals surface area contributed by atoms with Gasteiger partial charge in [0.05, 0.1) is 18.7 Å². The fourth-order valence-electron chi connectivity index (χ4n) is 2.30. The van der Waals surface area contributed by atoms with E-state index in [9.17, 15) is 0 Å². The van der Waals surface area contributed by atoms with Crippen LogP contribution >= 0.6 is 0 Å². The van der Waals surface area contributed by atoms with Crippen molar-refractivity contribution in [3.63, 3.8) is 0 Å². The van der Waals surface area contributed by atoms with Crippen LogP contribution in [-0.4, -0.2) is 26.8 Å². The summed E-state index contributed by atoms with van der Waals surface area (Å²) in [7, 11) is 0. The Labute approximate surface area is 105 Å². The molecule has 94 valence electrons. The van der Waals surface area contributed by atoms with E-state index in [1.54, 1.807) is 0 Å². The molecule has 3 rings (SSSR count). The first kappa shape index (κ1) is 11.2. The van der Waals surface area contributed by atoms with Gasteiger partial charge in [0.1, 0.15) is 5.75 Å². The zero-order valence-corrected chi connectivity index (χ0v) is 10.2. The first-order valence-corrected chi connectivity index (χ1v) is 6.02. The molecule has 0 aliphatic carbocycles. The highest BCUT2D eigenvalue weighted by Crippen LogP contribution is 2.34. The van der Waals surface area contributed by atoms with Crippen LogP contribution in [0, 0.1) is 0 Å². The van der Waals surface area contributed by atoms with Gasteiger partial charge < -0.3 is 10.5 Å². The van der Waals surface area contributed by atoms with Crippen molar-refractivity contribution in [3.05, 3.63) is 35.7 Å². The lowest BCUT2D eigenvalue weighted by molar-refractivity contribution is 0.246. The lowest BCUT2D eigenvalue weighted by Crippen LogP contribution is -2.25. The van der Waals surface area contributed by atoms with Crippen LogP contribution in [0.5, 0.6) is 5.75 Å². The molecule has 0 amide bonds. The van der Waals surface area contributed by atoms with Gasteiger partial charge in [-0.15, -0.1) is 5.10 Å². The quantitative estimate of drug-likeness (QED) is 0.856. The maximum absolute atomic E-state index is 5.89. The number of ether oxygens (including phenoxy) is 1. The molecule has 6 heteroatoms. The lowest BCUT2D eigenvalue weighted by Gasteiger charge is -2.26. The maximum Gasteiger partial charge on any atom is 0.168 e. The van der Waals surface area contributed by atoms with Gasteiger partial charge in [0.15, 0.2) is 5.82 Å². The molecule has 0 spiro atoms. The predicted molar refractivity (Wildman–Crippen MR) is 65.1 cm³/mol. The molecular formula is C12H15N5O. The van der Waals surface area contributed by atoms with Crippen molar-refractivity contribution in [1.29, 1.82) is 0 Å². The molecule has 2 heterocycles. The third-order valence-electron chi connectivity index (χ3n) is 3.15. The largest absolute Gasteiger partial charge is 0.493 e. The molecule has 0 bridgehead atoms. The summed E-state index contributed by atoms with van der Waals surface area (Å²) in [5.74, 6) is 1.61. The predicted octanol–water partition coefficient (Wildman–Crippen LogP) is 1.06. The van der Waals surface area contributed by atoms with Crippen molar-refractivity contribution in [2.75, 3.05) is 6.61 Å². The summed E-state index contributed by atoms with van der Waals surface area (Å²) in [6.07, 6.45) is 0.849. The van der Waals surface area contributed by atoms with Gasteiger partial charge in [-0.25, -0.2) is 4.68 Å². The number of nitrogens with zero attached hydrogens (tertiary/aromatic N) is 4. The van der Waals surface area contributed by atoms with E-state index in [2.05, 4.69) is 15.5 Å². The first-order chi connectivity index (χ1) is 8.77. The number of hydrogen-bond donors (Lipinski definition) is 1. The van der Waals surface area contributed by atoms with E-state index in [0.717, 1.165) is 17.7 Å². The Morgan fingerprint density at radius 3 is 3.11 bits per heavy atom. The summed E-state index contributed by atoms with van der Waals surface area (Å²) in [6.45, 7) is 2.55. The van der Waals surface area contributed by atoms with Crippen molar-refractivity contribution in [1.82, 2.24) is 20.2 Å². The van der Waals surface area contributed by atoms with Gasteiger partial charge in [-0.3, -0.25) is 0 Å². The van der Waals surface area contributed by atoms with Crippen LogP contribution in [-0.2, 0) is 0 Å². The second kappa shape index (κ2) is 4.38. The molecule has 1 aliphatic heterocycles. The molecule has 2 aromatic rings. The van der Waals surface area contributed by atoms with Crippen LogP contribution in [0.15, 0.2) is 24.3 Å². The number of fused-ring (bicyclic) bond motifs is 1. The van der Waals surface area contributed by atoms with Gasteiger partial charge in [0.2, 0.25) is 0 Å². The summed E-state index contributed by atoms with van der Waals surface area (Å²) in [6, 6.07) is 7.90. The maximum atomic E-state index is 5.89. The average Bonchev–Trinajstić information content (AvgIpc) is 2.87. The average molecular weight is 245 g/mol. The molecule has 0 saturated heterocycles. The van der Waals surface area contributed by atoms with Crippen LogP contribution in [0.1, 0.15) is 36.8 Å². The molecule has 18 heavy (non-hydrogen) atoms. The minimum absolute atomic E-state index is 0.103. The van der Waals surface area contributed by atoms with E-state index in [4.69, 9.17) is 10.5 Å². The van der Waals surface area contributed by atoms with E-state index in [1.807, 2.05) is 35.9 Å². The summed E-state index contributed by atoms with van der Waals surface area (Å²) in [4.78, 5) is 0. The summed E-state index contributed by atoms with van der Waals surface area (Å²) < 4.78 is 7.45. The zero-order valence-electron chi connectivity index (χ0n) is 10.2.